The van der Waals surface area contributed by atoms with Crippen LogP contribution in [0.5, 0.6) is 0 Å². The Morgan fingerprint density at radius 3 is 2.80 bits per heavy atom. The van der Waals surface area contributed by atoms with E-state index in [0.29, 0.717) is 18.1 Å². The number of rotatable bonds is 4. The first-order valence-electron chi connectivity index (χ1n) is 7.19. The second-order valence-corrected chi connectivity index (χ2v) is 5.21. The van der Waals surface area contributed by atoms with Crippen molar-refractivity contribution in [3.8, 4) is 0 Å². The highest BCUT2D eigenvalue weighted by Gasteiger charge is 2.33. The van der Waals surface area contributed by atoms with E-state index in [1.807, 2.05) is 11.8 Å². The van der Waals surface area contributed by atoms with E-state index in [2.05, 4.69) is 5.10 Å². The predicted octanol–water partition coefficient (Wildman–Crippen LogP) is 1.86. The molecule has 2 rings (SSSR count). The minimum atomic E-state index is -0.358. The van der Waals surface area contributed by atoms with Gasteiger partial charge in [0.15, 0.2) is 0 Å². The van der Waals surface area contributed by atoms with E-state index in [9.17, 15) is 15.2 Å². The average Bonchev–Trinajstić information content (AvgIpc) is 2.61. The Morgan fingerprint density at radius 2 is 2.20 bits per heavy atom. The Hall–Kier alpha value is -1.63. The van der Waals surface area contributed by atoms with Crippen molar-refractivity contribution in [3.63, 3.8) is 0 Å². The third-order valence-electron chi connectivity index (χ3n) is 3.91. The number of anilines is 1. The molecule has 2 heterocycles. The first-order valence-corrected chi connectivity index (χ1v) is 7.19. The molecule has 1 atom stereocenters. The molecule has 7 nitrogen and oxygen atoms in total. The second kappa shape index (κ2) is 6.21. The van der Waals surface area contributed by atoms with E-state index < -0.39 is 0 Å². The highest BCUT2D eigenvalue weighted by atomic mass is 16.6. The van der Waals surface area contributed by atoms with Crippen LogP contribution in [0.4, 0.5) is 11.5 Å². The summed E-state index contributed by atoms with van der Waals surface area (Å²) in [6.45, 7) is 4.92. The van der Waals surface area contributed by atoms with Gasteiger partial charge in [-0.25, -0.2) is 4.68 Å². The molecule has 1 unspecified atom stereocenters. The summed E-state index contributed by atoms with van der Waals surface area (Å²) in [4.78, 5) is 13.0. The number of nitro groups is 1. The highest BCUT2D eigenvalue weighted by Crippen LogP contribution is 2.34. The van der Waals surface area contributed by atoms with Gasteiger partial charge in [0.05, 0.1) is 17.6 Å². The lowest BCUT2D eigenvalue weighted by molar-refractivity contribution is -0.384. The van der Waals surface area contributed by atoms with Crippen molar-refractivity contribution in [1.82, 2.24) is 9.78 Å². The van der Waals surface area contributed by atoms with Crippen molar-refractivity contribution in [2.24, 2.45) is 0 Å². The molecule has 0 radical (unpaired) electrons. The fourth-order valence-electron chi connectivity index (χ4n) is 2.92. The molecular formula is C13H22N4O3. The van der Waals surface area contributed by atoms with Crippen LogP contribution >= 0.6 is 0 Å². The van der Waals surface area contributed by atoms with E-state index in [0.717, 1.165) is 32.2 Å². The van der Waals surface area contributed by atoms with Crippen molar-refractivity contribution in [1.29, 1.82) is 0 Å². The van der Waals surface area contributed by atoms with Gasteiger partial charge in [0.1, 0.15) is 5.69 Å². The average molecular weight is 282 g/mol. The van der Waals surface area contributed by atoms with Crippen LogP contribution in [0.1, 0.15) is 38.3 Å². The van der Waals surface area contributed by atoms with Crippen LogP contribution in [0.2, 0.25) is 0 Å². The van der Waals surface area contributed by atoms with Crippen LogP contribution in [0, 0.1) is 17.0 Å². The minimum absolute atomic E-state index is 0.0189. The maximum atomic E-state index is 11.4. The quantitative estimate of drug-likeness (QED) is 0.673. The lowest BCUT2D eigenvalue weighted by Gasteiger charge is -2.30. The summed E-state index contributed by atoms with van der Waals surface area (Å²) in [6.07, 6.45) is 4.00. The number of hydrogen-bond acceptors (Lipinski definition) is 5. The van der Waals surface area contributed by atoms with E-state index >= 15 is 0 Å². The maximum absolute atomic E-state index is 11.4. The Labute approximate surface area is 118 Å². The summed E-state index contributed by atoms with van der Waals surface area (Å²) in [7, 11) is 0. The number of aromatic nitrogens is 2. The molecule has 0 spiro atoms. The molecule has 20 heavy (non-hydrogen) atoms. The van der Waals surface area contributed by atoms with Crippen LogP contribution in [0.3, 0.4) is 0 Å². The fraction of sp³-hybridized carbons (Fsp3) is 0.769. The molecule has 112 valence electrons. The van der Waals surface area contributed by atoms with Gasteiger partial charge >= 0.3 is 5.69 Å². The molecule has 1 aromatic heterocycles. The SMILES string of the molecule is CCn1nc(C)c([N+](=O)[O-])c1N1CCCCCC1CO. The smallest absolute Gasteiger partial charge is 0.333 e. The molecular weight excluding hydrogens is 260 g/mol. The summed E-state index contributed by atoms with van der Waals surface area (Å²) < 4.78 is 1.68. The zero-order valence-corrected chi connectivity index (χ0v) is 12.1. The van der Waals surface area contributed by atoms with Gasteiger partial charge in [-0.05, 0) is 26.7 Å². The topological polar surface area (TPSA) is 84.4 Å². The van der Waals surface area contributed by atoms with E-state index in [-0.39, 0.29) is 23.3 Å². The lowest BCUT2D eigenvalue weighted by Crippen LogP contribution is -2.39. The van der Waals surface area contributed by atoms with Crippen LogP contribution in [-0.4, -0.2) is 39.0 Å². The van der Waals surface area contributed by atoms with Gasteiger partial charge in [0.2, 0.25) is 5.82 Å². The van der Waals surface area contributed by atoms with Crippen molar-refractivity contribution in [3.05, 3.63) is 15.8 Å². The zero-order valence-electron chi connectivity index (χ0n) is 12.1. The Morgan fingerprint density at radius 1 is 1.45 bits per heavy atom. The summed E-state index contributed by atoms with van der Waals surface area (Å²) in [5.74, 6) is 0.552. The van der Waals surface area contributed by atoms with Crippen LogP contribution < -0.4 is 4.90 Å². The molecule has 7 heteroatoms. The van der Waals surface area contributed by atoms with Crippen molar-refractivity contribution in [2.45, 2.75) is 52.1 Å². The number of aliphatic hydroxyl groups is 1. The van der Waals surface area contributed by atoms with E-state index in [4.69, 9.17) is 0 Å². The first-order chi connectivity index (χ1) is 9.60. The second-order valence-electron chi connectivity index (χ2n) is 5.21. The van der Waals surface area contributed by atoms with Gasteiger partial charge in [0.25, 0.3) is 0 Å². The fourth-order valence-corrected chi connectivity index (χ4v) is 2.92. The number of nitrogens with zero attached hydrogens (tertiary/aromatic N) is 4. The molecule has 0 aliphatic carbocycles. The summed E-state index contributed by atoms with van der Waals surface area (Å²) >= 11 is 0. The molecule has 0 aromatic carbocycles. The first kappa shape index (κ1) is 14.8. The summed E-state index contributed by atoms with van der Waals surface area (Å²) in [5, 5.41) is 25.2. The van der Waals surface area contributed by atoms with E-state index in [1.54, 1.807) is 11.6 Å². The van der Waals surface area contributed by atoms with Crippen molar-refractivity contribution < 1.29 is 10.0 Å². The minimum Gasteiger partial charge on any atom is -0.394 e. The Balaban J connectivity index is 2.50. The molecule has 1 aromatic rings. The molecule has 1 aliphatic heterocycles. The monoisotopic (exact) mass is 282 g/mol. The van der Waals surface area contributed by atoms with Gasteiger partial charge in [-0.3, -0.25) is 10.1 Å². The molecule has 1 aliphatic rings. The number of aryl methyl sites for hydroxylation is 2. The van der Waals surface area contributed by atoms with Gasteiger partial charge in [-0.2, -0.15) is 5.10 Å². The molecule has 1 saturated heterocycles. The third-order valence-corrected chi connectivity index (χ3v) is 3.91. The summed E-state index contributed by atoms with van der Waals surface area (Å²) in [6, 6.07) is -0.0578. The largest absolute Gasteiger partial charge is 0.394 e. The number of hydrogen-bond donors (Lipinski definition) is 1. The van der Waals surface area contributed by atoms with E-state index in [1.165, 1.54) is 0 Å². The van der Waals surface area contributed by atoms with Crippen LogP contribution in [-0.2, 0) is 6.54 Å². The van der Waals surface area contributed by atoms with Gasteiger partial charge in [-0.15, -0.1) is 0 Å². The molecule has 1 N–H and O–H groups in total. The molecule has 0 amide bonds. The molecule has 0 saturated carbocycles. The van der Waals surface area contributed by atoms with Crippen LogP contribution in [0.25, 0.3) is 0 Å². The zero-order chi connectivity index (χ0) is 14.7. The highest BCUT2D eigenvalue weighted by molar-refractivity contribution is 5.62. The molecule has 0 bridgehead atoms. The van der Waals surface area contributed by atoms with Crippen LogP contribution in [0.15, 0.2) is 0 Å². The Bertz CT molecular complexity index is 486. The normalized spacial score (nSPS) is 19.9. The predicted molar refractivity (Wildman–Crippen MR) is 76.0 cm³/mol. The maximum Gasteiger partial charge on any atom is 0.333 e. The van der Waals surface area contributed by atoms with Gasteiger partial charge in [0, 0.05) is 13.1 Å². The number of aliphatic hydroxyl groups excluding tert-OH is 1. The van der Waals surface area contributed by atoms with Gasteiger partial charge < -0.3 is 10.0 Å². The molecule has 1 fully saturated rings. The summed E-state index contributed by atoms with van der Waals surface area (Å²) in [5.41, 5.74) is 0.514. The lowest BCUT2D eigenvalue weighted by atomic mass is 10.1. The van der Waals surface area contributed by atoms with Crippen molar-refractivity contribution >= 4 is 11.5 Å². The third kappa shape index (κ3) is 2.63. The Kier molecular flexibility index (Phi) is 4.59. The standard InChI is InChI=1S/C13H22N4O3/c1-3-16-13(12(17(19)20)10(2)14-16)15-8-6-4-5-7-11(15)9-18/h11,18H,3-9H2,1-2H3. The van der Waals surface area contributed by atoms with Crippen molar-refractivity contribution in [2.75, 3.05) is 18.1 Å². The van der Waals surface area contributed by atoms with Gasteiger partial charge in [-0.1, -0.05) is 12.8 Å².